The van der Waals surface area contributed by atoms with Crippen LogP contribution in [0.15, 0.2) is 6.20 Å². The van der Waals surface area contributed by atoms with Crippen molar-refractivity contribution in [2.75, 3.05) is 0 Å². The molecule has 0 atom stereocenters. The Morgan fingerprint density at radius 2 is 2.08 bits per heavy atom. The van der Waals surface area contributed by atoms with E-state index in [4.69, 9.17) is 28.3 Å². The van der Waals surface area contributed by atoms with E-state index in [0.717, 1.165) is 0 Å². The van der Waals surface area contributed by atoms with Crippen LogP contribution in [0.1, 0.15) is 16.1 Å². The summed E-state index contributed by atoms with van der Waals surface area (Å²) in [5.41, 5.74) is 0.443. The van der Waals surface area contributed by atoms with Crippen molar-refractivity contribution in [3.63, 3.8) is 0 Å². The highest BCUT2D eigenvalue weighted by atomic mass is 35.5. The van der Waals surface area contributed by atoms with Gasteiger partial charge < -0.3 is 5.11 Å². The Morgan fingerprint density at radius 3 is 2.58 bits per heavy atom. The first kappa shape index (κ1) is 9.29. The zero-order valence-electron chi connectivity index (χ0n) is 6.14. The van der Waals surface area contributed by atoms with E-state index in [9.17, 15) is 4.79 Å². The molecule has 0 aliphatic heterocycles. The standard InChI is InChI=1S/C7H5Cl2NO2/c1-3-5(8)6(9)4(2-10-3)7(11)12/h2H,1H3,(H,11,12). The summed E-state index contributed by atoms with van der Waals surface area (Å²) in [6.07, 6.45) is 1.19. The summed E-state index contributed by atoms with van der Waals surface area (Å²) in [4.78, 5) is 14.3. The fraction of sp³-hybridized carbons (Fsp3) is 0.143. The summed E-state index contributed by atoms with van der Waals surface area (Å²) < 4.78 is 0. The molecule has 0 saturated heterocycles. The van der Waals surface area contributed by atoms with Gasteiger partial charge in [0, 0.05) is 6.20 Å². The molecule has 0 radical (unpaired) electrons. The minimum Gasteiger partial charge on any atom is -0.478 e. The largest absolute Gasteiger partial charge is 0.478 e. The molecule has 0 aromatic carbocycles. The highest BCUT2D eigenvalue weighted by molar-refractivity contribution is 6.44. The number of aryl methyl sites for hydroxylation is 1. The minimum absolute atomic E-state index is 0.0386. The molecule has 1 aromatic rings. The lowest BCUT2D eigenvalue weighted by Crippen LogP contribution is -2.00. The Kier molecular flexibility index (Phi) is 2.55. The molecule has 0 fully saturated rings. The van der Waals surface area contributed by atoms with Gasteiger partial charge in [-0.25, -0.2) is 4.79 Å². The van der Waals surface area contributed by atoms with Gasteiger partial charge in [-0.2, -0.15) is 0 Å². The van der Waals surface area contributed by atoms with Crippen LogP contribution >= 0.6 is 23.2 Å². The van der Waals surface area contributed by atoms with Crippen LogP contribution in [0, 0.1) is 6.92 Å². The van der Waals surface area contributed by atoms with Crippen molar-refractivity contribution < 1.29 is 9.90 Å². The van der Waals surface area contributed by atoms with E-state index in [2.05, 4.69) is 4.98 Å². The first-order valence-electron chi connectivity index (χ1n) is 3.08. The lowest BCUT2D eigenvalue weighted by Gasteiger charge is -2.01. The second kappa shape index (κ2) is 3.29. The second-order valence-electron chi connectivity index (χ2n) is 2.19. The van der Waals surface area contributed by atoms with Gasteiger partial charge >= 0.3 is 5.97 Å². The van der Waals surface area contributed by atoms with Crippen molar-refractivity contribution in [1.29, 1.82) is 0 Å². The molecule has 0 aliphatic rings. The molecular formula is C7H5Cl2NO2. The fourth-order valence-electron chi connectivity index (χ4n) is 0.701. The van der Waals surface area contributed by atoms with E-state index in [1.165, 1.54) is 6.20 Å². The number of carboxylic acids is 1. The van der Waals surface area contributed by atoms with E-state index in [1.807, 2.05) is 0 Å². The number of aromatic nitrogens is 1. The molecule has 0 aliphatic carbocycles. The van der Waals surface area contributed by atoms with Gasteiger partial charge in [0.05, 0.1) is 21.3 Å². The summed E-state index contributed by atoms with van der Waals surface area (Å²) in [7, 11) is 0. The topological polar surface area (TPSA) is 50.2 Å². The molecule has 1 aromatic heterocycles. The Balaban J connectivity index is 3.36. The zero-order chi connectivity index (χ0) is 9.30. The van der Waals surface area contributed by atoms with Crippen molar-refractivity contribution in [1.82, 2.24) is 4.98 Å². The normalized spacial score (nSPS) is 9.92. The Morgan fingerprint density at radius 1 is 1.50 bits per heavy atom. The number of hydrogen-bond donors (Lipinski definition) is 1. The number of aromatic carboxylic acids is 1. The molecular weight excluding hydrogens is 201 g/mol. The summed E-state index contributed by atoms with van der Waals surface area (Å²) in [6, 6.07) is 0. The zero-order valence-corrected chi connectivity index (χ0v) is 7.65. The van der Waals surface area contributed by atoms with Gasteiger partial charge in [0.2, 0.25) is 0 Å². The van der Waals surface area contributed by atoms with E-state index in [-0.39, 0.29) is 15.6 Å². The molecule has 5 heteroatoms. The van der Waals surface area contributed by atoms with Crippen molar-refractivity contribution in [3.8, 4) is 0 Å². The Bertz CT molecular complexity index is 338. The van der Waals surface area contributed by atoms with Gasteiger partial charge in [0.15, 0.2) is 0 Å². The monoisotopic (exact) mass is 205 g/mol. The smallest absolute Gasteiger partial charge is 0.338 e. The fourth-order valence-corrected chi connectivity index (χ4v) is 1.12. The number of halogens is 2. The number of carboxylic acid groups (broad SMARTS) is 1. The van der Waals surface area contributed by atoms with Crippen LogP contribution in [0.5, 0.6) is 0 Å². The Labute approximate surface area is 78.9 Å². The Hall–Kier alpha value is -0.800. The summed E-state index contributed by atoms with van der Waals surface area (Å²) in [6.45, 7) is 1.65. The molecule has 1 heterocycles. The van der Waals surface area contributed by atoms with Crippen LogP contribution in [0.4, 0.5) is 0 Å². The maximum Gasteiger partial charge on any atom is 0.338 e. The van der Waals surface area contributed by atoms with Crippen LogP contribution in [-0.2, 0) is 0 Å². The van der Waals surface area contributed by atoms with Crippen LogP contribution in [-0.4, -0.2) is 16.1 Å². The third-order valence-corrected chi connectivity index (χ3v) is 2.32. The van der Waals surface area contributed by atoms with Crippen molar-refractivity contribution in [2.24, 2.45) is 0 Å². The third kappa shape index (κ3) is 1.52. The average Bonchev–Trinajstić information content (AvgIpc) is 2.00. The number of rotatable bonds is 1. The van der Waals surface area contributed by atoms with Gasteiger partial charge in [-0.1, -0.05) is 23.2 Å². The average molecular weight is 206 g/mol. The highest BCUT2D eigenvalue weighted by Gasteiger charge is 2.13. The summed E-state index contributed by atoms with van der Waals surface area (Å²) in [5.74, 6) is -1.13. The summed E-state index contributed by atoms with van der Waals surface area (Å²) >= 11 is 11.3. The quantitative estimate of drug-likeness (QED) is 0.767. The van der Waals surface area contributed by atoms with Crippen molar-refractivity contribution >= 4 is 29.2 Å². The number of carbonyl (C=O) groups is 1. The molecule has 64 valence electrons. The van der Waals surface area contributed by atoms with Crippen LogP contribution in [0.3, 0.4) is 0 Å². The first-order chi connectivity index (χ1) is 5.54. The van der Waals surface area contributed by atoms with Crippen molar-refractivity contribution in [3.05, 3.63) is 27.5 Å². The first-order valence-corrected chi connectivity index (χ1v) is 3.83. The molecule has 0 unspecified atom stereocenters. The van der Waals surface area contributed by atoms with E-state index >= 15 is 0 Å². The lowest BCUT2D eigenvalue weighted by atomic mass is 10.2. The van der Waals surface area contributed by atoms with Gasteiger partial charge in [-0.15, -0.1) is 0 Å². The molecule has 0 saturated carbocycles. The van der Waals surface area contributed by atoms with Gasteiger partial charge in [-0.3, -0.25) is 4.98 Å². The van der Waals surface area contributed by atoms with Gasteiger partial charge in [0.25, 0.3) is 0 Å². The van der Waals surface area contributed by atoms with Gasteiger partial charge in [-0.05, 0) is 6.92 Å². The van der Waals surface area contributed by atoms with Crippen molar-refractivity contribution in [2.45, 2.75) is 6.92 Å². The number of pyridine rings is 1. The highest BCUT2D eigenvalue weighted by Crippen LogP contribution is 2.27. The van der Waals surface area contributed by atoms with Crippen LogP contribution in [0.2, 0.25) is 10.0 Å². The molecule has 1 rings (SSSR count). The van der Waals surface area contributed by atoms with Crippen LogP contribution in [0.25, 0.3) is 0 Å². The molecule has 3 nitrogen and oxygen atoms in total. The molecule has 0 bridgehead atoms. The third-order valence-electron chi connectivity index (χ3n) is 1.36. The van der Waals surface area contributed by atoms with Crippen LogP contribution < -0.4 is 0 Å². The number of hydrogen-bond acceptors (Lipinski definition) is 2. The maximum absolute atomic E-state index is 10.5. The minimum atomic E-state index is -1.13. The predicted octanol–water partition coefficient (Wildman–Crippen LogP) is 2.40. The van der Waals surface area contributed by atoms with Gasteiger partial charge in [0.1, 0.15) is 0 Å². The predicted molar refractivity (Wildman–Crippen MR) is 46.0 cm³/mol. The van der Waals surface area contributed by atoms with E-state index in [0.29, 0.717) is 5.69 Å². The molecule has 0 spiro atoms. The maximum atomic E-state index is 10.5. The lowest BCUT2D eigenvalue weighted by molar-refractivity contribution is 0.0696. The number of nitrogens with zero attached hydrogens (tertiary/aromatic N) is 1. The van der Waals surface area contributed by atoms with E-state index < -0.39 is 5.97 Å². The molecule has 1 N–H and O–H groups in total. The summed E-state index contributed by atoms with van der Waals surface area (Å²) in [5, 5.41) is 8.83. The molecule has 0 amide bonds. The second-order valence-corrected chi connectivity index (χ2v) is 2.95. The SMILES string of the molecule is Cc1ncc(C(=O)O)c(Cl)c1Cl. The van der Waals surface area contributed by atoms with E-state index in [1.54, 1.807) is 6.92 Å². The molecule has 12 heavy (non-hydrogen) atoms.